The molecule has 1 aromatic carbocycles. The predicted molar refractivity (Wildman–Crippen MR) is 111 cm³/mol. The highest BCUT2D eigenvalue weighted by Gasteiger charge is 2.22. The van der Waals surface area contributed by atoms with E-state index in [1.807, 2.05) is 38.1 Å². The average molecular weight is 471 g/mol. The molecule has 2 aromatic heterocycles. The van der Waals surface area contributed by atoms with Crippen molar-refractivity contribution >= 4 is 50.9 Å². The highest BCUT2D eigenvalue weighted by molar-refractivity contribution is 9.10. The molecule has 0 aliphatic carbocycles. The van der Waals surface area contributed by atoms with Crippen molar-refractivity contribution in [1.29, 1.82) is 0 Å². The molecule has 9 heteroatoms. The van der Waals surface area contributed by atoms with Crippen LogP contribution in [-0.2, 0) is 11.3 Å². The van der Waals surface area contributed by atoms with Crippen molar-refractivity contribution in [2.75, 3.05) is 5.32 Å². The van der Waals surface area contributed by atoms with Crippen molar-refractivity contribution in [3.63, 3.8) is 0 Å². The molecule has 0 saturated heterocycles. The molecule has 0 radical (unpaired) electrons. The molecule has 27 heavy (non-hydrogen) atoms. The lowest BCUT2D eigenvalue weighted by atomic mass is 10.2. The van der Waals surface area contributed by atoms with Gasteiger partial charge in [0.05, 0.1) is 22.4 Å². The molecule has 1 atom stereocenters. The zero-order chi connectivity index (χ0) is 19.7. The van der Waals surface area contributed by atoms with Crippen LogP contribution in [-0.4, -0.2) is 25.5 Å². The van der Waals surface area contributed by atoms with Gasteiger partial charge in [-0.15, -0.1) is 0 Å². The van der Waals surface area contributed by atoms with E-state index in [4.69, 9.17) is 23.2 Å². The lowest BCUT2D eigenvalue weighted by molar-refractivity contribution is -0.119. The van der Waals surface area contributed by atoms with Gasteiger partial charge in [0.1, 0.15) is 11.1 Å². The highest BCUT2D eigenvalue weighted by atomic mass is 79.9. The number of halogens is 3. The predicted octanol–water partition coefficient (Wildman–Crippen LogP) is 5.01. The zero-order valence-electron chi connectivity index (χ0n) is 15.0. The molecule has 2 heterocycles. The van der Waals surface area contributed by atoms with E-state index in [0.717, 1.165) is 21.4 Å². The van der Waals surface area contributed by atoms with Gasteiger partial charge in [0.25, 0.3) is 0 Å². The monoisotopic (exact) mass is 469 g/mol. The molecule has 0 bridgehead atoms. The number of anilines is 1. The Balaban J connectivity index is 1.75. The smallest absolute Gasteiger partial charge is 0.250 e. The number of amides is 1. The highest BCUT2D eigenvalue weighted by Crippen LogP contribution is 2.25. The minimum atomic E-state index is -0.514. The topological polar surface area (TPSA) is 64.7 Å². The Kier molecular flexibility index (Phi) is 5.93. The number of nitrogens with zero attached hydrogens (tertiary/aromatic N) is 4. The van der Waals surface area contributed by atoms with Crippen molar-refractivity contribution in [3.05, 3.63) is 61.9 Å². The second-order valence-corrected chi connectivity index (χ2v) is 7.82. The van der Waals surface area contributed by atoms with Gasteiger partial charge < -0.3 is 5.32 Å². The van der Waals surface area contributed by atoms with Gasteiger partial charge in [0, 0.05) is 11.2 Å². The first-order valence-electron chi connectivity index (χ1n) is 8.26. The van der Waals surface area contributed by atoms with E-state index in [9.17, 15) is 4.79 Å². The number of hydrogen-bond donors (Lipinski definition) is 1. The molecule has 0 aliphatic rings. The molecule has 0 aliphatic heterocycles. The third kappa shape index (κ3) is 4.20. The number of aromatic nitrogens is 4. The van der Waals surface area contributed by atoms with Crippen LogP contribution in [0.15, 0.2) is 34.9 Å². The number of aryl methyl sites for hydroxylation is 1. The fourth-order valence-electron chi connectivity index (χ4n) is 2.72. The molecule has 142 valence electrons. The summed E-state index contributed by atoms with van der Waals surface area (Å²) in [6, 6.07) is 6.99. The molecule has 3 rings (SSSR count). The Bertz CT molecular complexity index is 998. The summed E-state index contributed by atoms with van der Waals surface area (Å²) < 4.78 is 4.21. The maximum Gasteiger partial charge on any atom is 0.250 e. The number of carbonyl (C=O) groups is 1. The minimum absolute atomic E-state index is 0.252. The summed E-state index contributed by atoms with van der Waals surface area (Å²) in [6.07, 6.45) is 1.66. The van der Waals surface area contributed by atoms with Crippen LogP contribution >= 0.6 is 39.1 Å². The van der Waals surface area contributed by atoms with Crippen LogP contribution in [0.4, 0.5) is 5.82 Å². The zero-order valence-corrected chi connectivity index (χ0v) is 18.1. The van der Waals surface area contributed by atoms with Crippen LogP contribution in [0.1, 0.15) is 29.9 Å². The molecule has 0 fully saturated rings. The molecule has 0 spiro atoms. The summed E-state index contributed by atoms with van der Waals surface area (Å²) in [6.45, 7) is 6.01. The normalized spacial score (nSPS) is 12.2. The Morgan fingerprint density at radius 2 is 1.93 bits per heavy atom. The van der Waals surface area contributed by atoms with Gasteiger partial charge in [0.15, 0.2) is 5.82 Å². The van der Waals surface area contributed by atoms with Crippen molar-refractivity contribution in [2.24, 2.45) is 0 Å². The van der Waals surface area contributed by atoms with E-state index < -0.39 is 6.04 Å². The van der Waals surface area contributed by atoms with Gasteiger partial charge in [-0.2, -0.15) is 10.2 Å². The summed E-state index contributed by atoms with van der Waals surface area (Å²) in [7, 11) is 0. The Morgan fingerprint density at radius 1 is 1.22 bits per heavy atom. The summed E-state index contributed by atoms with van der Waals surface area (Å²) in [5.74, 6) is 0.0548. The number of hydrogen-bond acceptors (Lipinski definition) is 3. The van der Waals surface area contributed by atoms with E-state index in [-0.39, 0.29) is 5.91 Å². The fourth-order valence-corrected chi connectivity index (χ4v) is 3.37. The quantitative estimate of drug-likeness (QED) is 0.569. The second kappa shape index (κ2) is 8.04. The standard InChI is InChI=1S/C18H18BrCl2N5O/c1-10-16(19)11(2)26(23-10)12(3)18(27)22-17-15(21)9-25(24-17)8-13-6-4-5-7-14(13)20/h4-7,9,12H,8H2,1-3H3,(H,22,24,27). The third-order valence-electron chi connectivity index (χ3n) is 4.23. The van der Waals surface area contributed by atoms with E-state index in [1.54, 1.807) is 22.5 Å². The molecule has 1 amide bonds. The minimum Gasteiger partial charge on any atom is -0.306 e. The molecule has 6 nitrogen and oxygen atoms in total. The Hall–Kier alpha value is -1.83. The van der Waals surface area contributed by atoms with Crippen LogP contribution < -0.4 is 5.32 Å². The number of nitrogens with one attached hydrogen (secondary N) is 1. The molecule has 1 N–H and O–H groups in total. The number of carbonyl (C=O) groups excluding carboxylic acids is 1. The van der Waals surface area contributed by atoms with E-state index in [0.29, 0.717) is 22.4 Å². The van der Waals surface area contributed by atoms with E-state index in [2.05, 4.69) is 31.4 Å². The largest absolute Gasteiger partial charge is 0.306 e. The lowest BCUT2D eigenvalue weighted by Crippen LogP contribution is -2.25. The Labute approximate surface area is 175 Å². The van der Waals surface area contributed by atoms with Crippen molar-refractivity contribution in [2.45, 2.75) is 33.4 Å². The summed E-state index contributed by atoms with van der Waals surface area (Å²) in [5, 5.41) is 12.5. The van der Waals surface area contributed by atoms with Gasteiger partial charge in [-0.05, 0) is 48.3 Å². The van der Waals surface area contributed by atoms with E-state index in [1.165, 1.54) is 0 Å². The van der Waals surface area contributed by atoms with Gasteiger partial charge in [-0.1, -0.05) is 41.4 Å². The van der Waals surface area contributed by atoms with Gasteiger partial charge in [0.2, 0.25) is 5.91 Å². The Morgan fingerprint density at radius 3 is 2.56 bits per heavy atom. The maximum atomic E-state index is 12.6. The van der Waals surface area contributed by atoms with Crippen molar-refractivity contribution in [3.8, 4) is 0 Å². The molecular formula is C18H18BrCl2N5O. The first-order chi connectivity index (χ1) is 12.8. The lowest BCUT2D eigenvalue weighted by Gasteiger charge is -2.13. The van der Waals surface area contributed by atoms with Gasteiger partial charge in [-0.25, -0.2) is 0 Å². The fraction of sp³-hybridized carbons (Fsp3) is 0.278. The third-order valence-corrected chi connectivity index (χ3v) is 6.02. The SMILES string of the molecule is Cc1nn(C(C)C(=O)Nc2nn(Cc3ccccc3Cl)cc2Cl)c(C)c1Br. The second-order valence-electron chi connectivity index (χ2n) is 6.21. The maximum absolute atomic E-state index is 12.6. The van der Waals surface area contributed by atoms with Crippen LogP contribution in [0, 0.1) is 13.8 Å². The summed E-state index contributed by atoms with van der Waals surface area (Å²) in [5.41, 5.74) is 2.62. The van der Waals surface area contributed by atoms with Crippen LogP contribution in [0.25, 0.3) is 0 Å². The first-order valence-corrected chi connectivity index (χ1v) is 9.81. The van der Waals surface area contributed by atoms with Gasteiger partial charge >= 0.3 is 0 Å². The van der Waals surface area contributed by atoms with Crippen molar-refractivity contribution < 1.29 is 4.79 Å². The summed E-state index contributed by atoms with van der Waals surface area (Å²) >= 11 is 15.9. The van der Waals surface area contributed by atoms with E-state index >= 15 is 0 Å². The van der Waals surface area contributed by atoms with Gasteiger partial charge in [-0.3, -0.25) is 14.2 Å². The number of benzene rings is 1. The molecule has 3 aromatic rings. The van der Waals surface area contributed by atoms with Crippen molar-refractivity contribution in [1.82, 2.24) is 19.6 Å². The van der Waals surface area contributed by atoms with Crippen LogP contribution in [0.2, 0.25) is 10.0 Å². The first kappa shape index (κ1) is 19.9. The molecular weight excluding hydrogens is 453 g/mol. The summed E-state index contributed by atoms with van der Waals surface area (Å²) in [4.78, 5) is 12.6. The molecule has 0 saturated carbocycles. The van der Waals surface area contributed by atoms with Crippen LogP contribution in [0.5, 0.6) is 0 Å². The molecule has 1 unspecified atom stereocenters. The van der Waals surface area contributed by atoms with Crippen LogP contribution in [0.3, 0.4) is 0 Å². The average Bonchev–Trinajstić information content (AvgIpc) is 3.10. The number of rotatable bonds is 5.